The number of nitrogens with zero attached hydrogens (tertiary/aromatic N) is 2. The maximum absolute atomic E-state index is 12.6. The lowest BCUT2D eigenvalue weighted by molar-refractivity contribution is -0.384. The number of hydrogen-bond acceptors (Lipinski definition) is 7. The Morgan fingerprint density at radius 2 is 1.77 bits per heavy atom. The fourth-order valence-electron chi connectivity index (χ4n) is 2.83. The summed E-state index contributed by atoms with van der Waals surface area (Å²) in [6, 6.07) is 15.9. The molecule has 1 N–H and O–H groups in total. The Hall–Kier alpha value is -4.39. The maximum Gasteiger partial charge on any atom is 0.343 e. The van der Waals surface area contributed by atoms with Crippen LogP contribution in [0.2, 0.25) is 10.0 Å². The number of carbonyl (C=O) groups is 2. The summed E-state index contributed by atoms with van der Waals surface area (Å²) in [5.41, 5.74) is 0.286. The van der Waals surface area contributed by atoms with E-state index in [9.17, 15) is 25.0 Å². The number of esters is 1. The second-order valence-electron chi connectivity index (χ2n) is 6.85. The van der Waals surface area contributed by atoms with Crippen LogP contribution in [0.25, 0.3) is 6.08 Å². The van der Waals surface area contributed by atoms with E-state index in [4.69, 9.17) is 32.7 Å². The van der Waals surface area contributed by atoms with Crippen LogP contribution in [0.15, 0.2) is 66.2 Å². The Balaban J connectivity index is 1.79. The Labute approximate surface area is 209 Å². The molecule has 0 heterocycles. The molecular formula is C24H15Cl2N3O6. The van der Waals surface area contributed by atoms with Crippen molar-refractivity contribution in [2.75, 3.05) is 12.4 Å². The van der Waals surface area contributed by atoms with Gasteiger partial charge in [0.05, 0.1) is 28.3 Å². The minimum Gasteiger partial charge on any atom is -0.493 e. The van der Waals surface area contributed by atoms with Gasteiger partial charge in [-0.05, 0) is 54.1 Å². The number of hydrogen-bond donors (Lipinski definition) is 1. The molecule has 0 bridgehead atoms. The van der Waals surface area contributed by atoms with E-state index in [2.05, 4.69) is 5.32 Å². The number of rotatable bonds is 7. The van der Waals surface area contributed by atoms with Crippen LogP contribution in [0.5, 0.6) is 11.5 Å². The highest BCUT2D eigenvalue weighted by Gasteiger charge is 2.16. The van der Waals surface area contributed by atoms with Crippen LogP contribution < -0.4 is 14.8 Å². The lowest BCUT2D eigenvalue weighted by Gasteiger charge is -2.10. The van der Waals surface area contributed by atoms with E-state index in [1.54, 1.807) is 18.2 Å². The zero-order chi connectivity index (χ0) is 25.5. The number of nitriles is 1. The van der Waals surface area contributed by atoms with Gasteiger partial charge in [0.2, 0.25) is 0 Å². The Morgan fingerprint density at radius 3 is 2.37 bits per heavy atom. The molecule has 0 fully saturated rings. The molecule has 0 aromatic heterocycles. The lowest BCUT2D eigenvalue weighted by Crippen LogP contribution is -2.14. The molecular weight excluding hydrogens is 497 g/mol. The molecule has 0 atom stereocenters. The number of nitrogens with one attached hydrogen (secondary N) is 1. The summed E-state index contributed by atoms with van der Waals surface area (Å²) in [6.07, 6.45) is 1.29. The first-order chi connectivity index (χ1) is 16.7. The number of nitro groups is 1. The number of ether oxygens (including phenoxy) is 2. The summed E-state index contributed by atoms with van der Waals surface area (Å²) in [7, 11) is 1.37. The molecule has 0 saturated carbocycles. The summed E-state index contributed by atoms with van der Waals surface area (Å²) >= 11 is 11.8. The molecule has 3 aromatic rings. The molecule has 3 aromatic carbocycles. The van der Waals surface area contributed by atoms with Crippen molar-refractivity contribution in [3.8, 4) is 17.6 Å². The highest BCUT2D eigenvalue weighted by molar-refractivity contribution is 6.34. The van der Waals surface area contributed by atoms with Crippen LogP contribution in [0.3, 0.4) is 0 Å². The van der Waals surface area contributed by atoms with Crippen molar-refractivity contribution in [3.63, 3.8) is 0 Å². The molecule has 0 unspecified atom stereocenters. The molecule has 0 radical (unpaired) electrons. The Bertz CT molecular complexity index is 1380. The molecule has 0 aliphatic heterocycles. The topological polar surface area (TPSA) is 132 Å². The van der Waals surface area contributed by atoms with Gasteiger partial charge < -0.3 is 14.8 Å². The number of nitro benzene ring substituents is 1. The molecule has 9 nitrogen and oxygen atoms in total. The standard InChI is InChI=1S/C24H15Cl2N3O6/c1-34-22-11-14(2-9-21(22)35-24(31)15-3-5-17(25)6-4-15)10-16(13-27)23(30)28-20-8-7-18(29(32)33)12-19(20)26/h2-12H,1H3,(H,28,30). The van der Waals surface area contributed by atoms with Gasteiger partial charge in [-0.1, -0.05) is 29.3 Å². The van der Waals surface area contributed by atoms with Crippen LogP contribution in [-0.2, 0) is 4.79 Å². The van der Waals surface area contributed by atoms with E-state index < -0.39 is 16.8 Å². The van der Waals surface area contributed by atoms with E-state index in [1.165, 1.54) is 55.7 Å². The van der Waals surface area contributed by atoms with Gasteiger partial charge in [-0.25, -0.2) is 4.79 Å². The summed E-state index contributed by atoms with van der Waals surface area (Å²) in [5, 5.41) is 23.1. The average molecular weight is 512 g/mol. The van der Waals surface area contributed by atoms with Gasteiger partial charge in [0.1, 0.15) is 11.6 Å². The van der Waals surface area contributed by atoms with Gasteiger partial charge in [-0.2, -0.15) is 5.26 Å². The van der Waals surface area contributed by atoms with Crippen molar-refractivity contribution < 1.29 is 24.0 Å². The van der Waals surface area contributed by atoms with Crippen LogP contribution in [0, 0.1) is 21.4 Å². The third kappa shape index (κ3) is 6.35. The van der Waals surface area contributed by atoms with Crippen molar-refractivity contribution >= 4 is 52.5 Å². The predicted molar refractivity (Wildman–Crippen MR) is 130 cm³/mol. The van der Waals surface area contributed by atoms with E-state index in [-0.39, 0.29) is 39.0 Å². The fourth-order valence-corrected chi connectivity index (χ4v) is 3.17. The van der Waals surface area contributed by atoms with Crippen LogP contribution in [-0.4, -0.2) is 23.9 Å². The molecule has 176 valence electrons. The largest absolute Gasteiger partial charge is 0.493 e. The first kappa shape index (κ1) is 25.2. The number of benzene rings is 3. The molecule has 0 aliphatic rings. The highest BCUT2D eigenvalue weighted by Crippen LogP contribution is 2.30. The molecule has 0 aliphatic carbocycles. The van der Waals surface area contributed by atoms with Gasteiger partial charge in [-0.15, -0.1) is 0 Å². The van der Waals surface area contributed by atoms with Crippen molar-refractivity contribution in [1.82, 2.24) is 0 Å². The first-order valence-corrected chi connectivity index (χ1v) is 10.5. The second kappa shape index (κ2) is 11.2. The number of halogens is 2. The molecule has 1 amide bonds. The van der Waals surface area contributed by atoms with E-state index in [0.717, 1.165) is 6.07 Å². The van der Waals surface area contributed by atoms with E-state index >= 15 is 0 Å². The zero-order valence-electron chi connectivity index (χ0n) is 18.0. The van der Waals surface area contributed by atoms with Crippen LogP contribution >= 0.6 is 23.2 Å². The number of anilines is 1. The zero-order valence-corrected chi connectivity index (χ0v) is 19.5. The van der Waals surface area contributed by atoms with Gasteiger partial charge >= 0.3 is 5.97 Å². The van der Waals surface area contributed by atoms with Crippen molar-refractivity contribution in [2.24, 2.45) is 0 Å². The first-order valence-electron chi connectivity index (χ1n) is 9.74. The van der Waals surface area contributed by atoms with Gasteiger partial charge in [0, 0.05) is 17.2 Å². The van der Waals surface area contributed by atoms with Gasteiger partial charge in [0.15, 0.2) is 11.5 Å². The lowest BCUT2D eigenvalue weighted by atomic mass is 10.1. The highest BCUT2D eigenvalue weighted by atomic mass is 35.5. The molecule has 35 heavy (non-hydrogen) atoms. The Morgan fingerprint density at radius 1 is 1.06 bits per heavy atom. The van der Waals surface area contributed by atoms with Crippen molar-refractivity contribution in [1.29, 1.82) is 5.26 Å². The number of non-ortho nitro benzene ring substituents is 1. The monoisotopic (exact) mass is 511 g/mol. The summed E-state index contributed by atoms with van der Waals surface area (Å²) in [5.74, 6) is -1.08. The average Bonchev–Trinajstić information content (AvgIpc) is 2.84. The van der Waals surface area contributed by atoms with Crippen molar-refractivity contribution in [2.45, 2.75) is 0 Å². The van der Waals surface area contributed by atoms with Crippen LogP contribution in [0.4, 0.5) is 11.4 Å². The van der Waals surface area contributed by atoms with E-state index in [1.807, 2.05) is 0 Å². The minimum atomic E-state index is -0.777. The summed E-state index contributed by atoms with van der Waals surface area (Å²) < 4.78 is 10.7. The van der Waals surface area contributed by atoms with Crippen molar-refractivity contribution in [3.05, 3.63) is 97.5 Å². The summed E-state index contributed by atoms with van der Waals surface area (Å²) in [6.45, 7) is 0. The number of methoxy groups -OCH3 is 1. The minimum absolute atomic E-state index is 0.0571. The smallest absolute Gasteiger partial charge is 0.343 e. The normalized spacial score (nSPS) is 10.7. The molecule has 3 rings (SSSR count). The third-order valence-electron chi connectivity index (χ3n) is 4.56. The summed E-state index contributed by atoms with van der Waals surface area (Å²) in [4.78, 5) is 35.1. The molecule has 11 heteroatoms. The maximum atomic E-state index is 12.6. The SMILES string of the molecule is COc1cc(C=C(C#N)C(=O)Nc2ccc([N+](=O)[O-])cc2Cl)ccc1OC(=O)c1ccc(Cl)cc1. The van der Waals surface area contributed by atoms with Gasteiger partial charge in [0.25, 0.3) is 11.6 Å². The molecule has 0 spiro atoms. The number of amides is 1. The third-order valence-corrected chi connectivity index (χ3v) is 5.12. The second-order valence-corrected chi connectivity index (χ2v) is 7.70. The quantitative estimate of drug-likeness (QED) is 0.108. The Kier molecular flexibility index (Phi) is 8.04. The predicted octanol–water partition coefficient (Wildman–Crippen LogP) is 5.68. The molecule has 0 saturated heterocycles. The van der Waals surface area contributed by atoms with E-state index in [0.29, 0.717) is 10.6 Å². The number of carbonyl (C=O) groups excluding carboxylic acids is 2. The van der Waals surface area contributed by atoms with Gasteiger partial charge in [-0.3, -0.25) is 14.9 Å². The van der Waals surface area contributed by atoms with Crippen LogP contribution in [0.1, 0.15) is 15.9 Å². The fraction of sp³-hybridized carbons (Fsp3) is 0.0417.